The molecule has 10 heterocycles. The van der Waals surface area contributed by atoms with Gasteiger partial charge in [0.1, 0.15) is 0 Å². The van der Waals surface area contributed by atoms with Gasteiger partial charge >= 0.3 is 0 Å². The van der Waals surface area contributed by atoms with Crippen LogP contribution in [0.15, 0.2) is 494 Å². The summed E-state index contributed by atoms with van der Waals surface area (Å²) in [7, 11) is 0. The largest absolute Gasteiger partial charge is 0.286 e. The van der Waals surface area contributed by atoms with E-state index >= 15 is 0 Å². The van der Waals surface area contributed by atoms with Gasteiger partial charge in [-0.05, 0) is 191 Å². The average Bonchev–Trinajstić information content (AvgIpc) is 1.55. The number of hydrogen-bond acceptors (Lipinski definition) is 12. The third-order valence-corrected chi connectivity index (χ3v) is 32.5. The molecule has 25 aromatic rings. The van der Waals surface area contributed by atoms with Gasteiger partial charge in [-0.25, -0.2) is 39.9 Å². The Bertz CT molecular complexity index is 9360. The lowest BCUT2D eigenvalue weighted by Gasteiger charge is -2.34. The predicted octanol–water partition coefficient (Wildman–Crippen LogP) is 34.7. The Morgan fingerprint density at radius 1 is 0.203 bits per heavy atom. The molecule has 0 atom stereocenters. The first-order valence-electron chi connectivity index (χ1n) is 49.9. The number of imidazole rings is 4. The molecule has 148 heavy (non-hydrogen) atoms. The van der Waals surface area contributed by atoms with Crippen LogP contribution in [0.3, 0.4) is 0 Å². The number of thioether (sulfide) groups is 4. The van der Waals surface area contributed by atoms with Crippen molar-refractivity contribution in [2.24, 2.45) is 0 Å². The summed E-state index contributed by atoms with van der Waals surface area (Å²) in [5, 5.41) is 5.14. The average molecular weight is 1980 g/mol. The van der Waals surface area contributed by atoms with Crippen molar-refractivity contribution in [3.8, 4) is 157 Å². The number of nitrogens with zero attached hydrogens (tertiary/aromatic N) is 12. The fraction of sp³-hybridized carbons (Fsp3) is 0.0606. The maximum atomic E-state index is 5.33. The SMILES string of the molecule is CC1(C)Sc2nc(-c3ccccc3)c(-c3ccccc3)n2-c2c(-c3nc(-c4ccccc4)c4ccccc4n3)cccc21.CC1(C)Sc2nc3ccccc3n2-c2c(-c3nc4ccccc4nc3-c3ccccc3)cccc21.c1ccc(-c2cc(-c3ccccc3)cc(-c3cccc4c3-n3c(nc5ccccc53)SC4)c2)cc1.c1ccc(-c2ccccc2-c2cccc(-c3cccc4c3-n3c(nc5ccccc53)SC4)c2)cc1. The number of rotatable bonds is 12. The van der Waals surface area contributed by atoms with Crippen LogP contribution in [0.25, 0.3) is 212 Å². The van der Waals surface area contributed by atoms with Gasteiger partial charge in [-0.2, -0.15) is 0 Å². The second-order valence-electron chi connectivity index (χ2n) is 38.2. The van der Waals surface area contributed by atoms with Crippen LogP contribution >= 0.6 is 47.0 Å². The van der Waals surface area contributed by atoms with Gasteiger partial charge in [0.2, 0.25) is 0 Å². The van der Waals surface area contributed by atoms with Gasteiger partial charge in [-0.3, -0.25) is 18.3 Å². The van der Waals surface area contributed by atoms with Crippen molar-refractivity contribution < 1.29 is 0 Å². The van der Waals surface area contributed by atoms with Crippen molar-refractivity contribution in [1.29, 1.82) is 0 Å². The third-order valence-electron chi connectivity index (χ3n) is 28.2. The number of fused-ring (bicyclic) bond motifs is 20. The fourth-order valence-electron chi connectivity index (χ4n) is 21.3. The van der Waals surface area contributed by atoms with Crippen LogP contribution in [0, 0.1) is 0 Å². The molecule has 0 spiro atoms. The summed E-state index contributed by atoms with van der Waals surface area (Å²) < 4.78 is 9.00. The molecule has 0 unspecified atom stereocenters. The van der Waals surface area contributed by atoms with Crippen LogP contribution in [0.4, 0.5) is 0 Å². The van der Waals surface area contributed by atoms with Crippen LogP contribution in [-0.2, 0) is 21.0 Å². The quantitative estimate of drug-likeness (QED) is 0.116. The highest BCUT2D eigenvalue weighted by molar-refractivity contribution is 8.00. The molecule has 706 valence electrons. The van der Waals surface area contributed by atoms with Gasteiger partial charge in [0.05, 0.1) is 101 Å². The zero-order valence-corrected chi connectivity index (χ0v) is 84.7. The number of hydrogen-bond donors (Lipinski definition) is 0. The summed E-state index contributed by atoms with van der Waals surface area (Å²) in [6.07, 6.45) is 0. The van der Waals surface area contributed by atoms with Crippen LogP contribution in [0.2, 0.25) is 0 Å². The van der Waals surface area contributed by atoms with Crippen molar-refractivity contribution in [2.45, 2.75) is 69.3 Å². The molecule has 16 heteroatoms. The Morgan fingerprint density at radius 2 is 0.541 bits per heavy atom. The molecule has 0 fully saturated rings. The number of aromatic nitrogens is 12. The molecule has 19 aromatic carbocycles. The highest BCUT2D eigenvalue weighted by Gasteiger charge is 2.41. The molecular formula is C132H94N12S4. The Hall–Kier alpha value is -17.1. The van der Waals surface area contributed by atoms with Gasteiger partial charge < -0.3 is 0 Å². The molecule has 4 aliphatic rings. The van der Waals surface area contributed by atoms with E-state index in [1.165, 1.54) is 100 Å². The van der Waals surface area contributed by atoms with Crippen LogP contribution < -0.4 is 0 Å². The zero-order valence-electron chi connectivity index (χ0n) is 81.4. The summed E-state index contributed by atoms with van der Waals surface area (Å²) in [6.45, 7) is 9.10. The molecule has 12 nitrogen and oxygen atoms in total. The summed E-state index contributed by atoms with van der Waals surface area (Å²) in [5.41, 5.74) is 45.0. The molecule has 0 saturated heterocycles. The number of benzene rings is 19. The second kappa shape index (κ2) is 38.4. The summed E-state index contributed by atoms with van der Waals surface area (Å²) >= 11 is 7.23. The second-order valence-corrected chi connectivity index (χ2v) is 43.3. The summed E-state index contributed by atoms with van der Waals surface area (Å²) in [5.74, 6) is 2.57. The van der Waals surface area contributed by atoms with Crippen molar-refractivity contribution in [2.75, 3.05) is 0 Å². The lowest BCUT2D eigenvalue weighted by atomic mass is 9.92. The standard InChI is InChI=1S/C38H28N4S.2C32H22N2S.C30H22N4S/c1-38(2)30-23-14-22-29(36-39-31-24-13-12-21-28(31)32(40-36)25-15-6-3-7-16-25)35(30)42-34(27-19-10-5-11-20-27)33(41-37(42)43-38)26-17-8-4-9-18-26;1-3-10-22(11-4-1)25-18-26(23-12-5-2-6-13-23)20-27(19-25)28-15-9-14-24-21-35-32-33-29-16-7-8-17-30(29)34(32)31(24)28;1-2-10-22(11-3-1)26-15-4-5-16-27(26)23-12-8-13-24(20-23)28-17-9-14-25-21-35-32-33-29-18-6-7-19-30(29)34(32)31(25)28;1-30(2)21-14-10-13-20(28(21)34-25-18-9-8-17-24(25)33-29(34)35-30)27-26(19-11-4-3-5-12-19)31-22-15-6-7-16-23(22)32-27/h3-24H,1-2H3;2*1-20H,21H2;3-18H,1-2H3. The maximum Gasteiger partial charge on any atom is 0.174 e. The van der Waals surface area contributed by atoms with E-state index in [1.54, 1.807) is 23.5 Å². The van der Waals surface area contributed by atoms with Crippen LogP contribution in [-0.4, -0.2) is 58.1 Å². The van der Waals surface area contributed by atoms with Crippen molar-refractivity contribution in [1.82, 2.24) is 58.1 Å². The molecule has 0 aliphatic carbocycles. The van der Waals surface area contributed by atoms with Crippen LogP contribution in [0.5, 0.6) is 0 Å². The Kier molecular flexibility index (Phi) is 23.6. The minimum absolute atomic E-state index is 0.139. The van der Waals surface area contributed by atoms with Gasteiger partial charge in [0.15, 0.2) is 26.5 Å². The first-order chi connectivity index (χ1) is 72.9. The van der Waals surface area contributed by atoms with E-state index in [1.807, 2.05) is 78.1 Å². The van der Waals surface area contributed by atoms with E-state index < -0.39 is 0 Å². The highest BCUT2D eigenvalue weighted by atomic mass is 32.2. The fourth-order valence-corrected chi connectivity index (χ4v) is 25.6. The first kappa shape index (κ1) is 90.9. The van der Waals surface area contributed by atoms with E-state index in [2.05, 4.69) is 465 Å². The molecule has 0 N–H and O–H groups in total. The minimum atomic E-state index is -0.215. The maximum absolute atomic E-state index is 5.33. The molecular weight excluding hydrogens is 1880 g/mol. The van der Waals surface area contributed by atoms with E-state index in [9.17, 15) is 0 Å². The van der Waals surface area contributed by atoms with E-state index in [4.69, 9.17) is 39.9 Å². The van der Waals surface area contributed by atoms with E-state index in [0.29, 0.717) is 5.82 Å². The van der Waals surface area contributed by atoms with Gasteiger partial charge in [0.25, 0.3) is 0 Å². The lowest BCUT2D eigenvalue weighted by molar-refractivity contribution is 0.725. The van der Waals surface area contributed by atoms with Gasteiger partial charge in [0, 0.05) is 70.9 Å². The van der Waals surface area contributed by atoms with Crippen molar-refractivity contribution >= 4 is 102 Å². The normalized spacial score (nSPS) is 13.1. The summed E-state index contributed by atoms with van der Waals surface area (Å²) in [6, 6.07) is 166. The topological polar surface area (TPSA) is 123 Å². The first-order valence-corrected chi connectivity index (χ1v) is 53.5. The smallest absolute Gasteiger partial charge is 0.174 e. The third kappa shape index (κ3) is 16.7. The monoisotopic (exact) mass is 1970 g/mol. The predicted molar refractivity (Wildman–Crippen MR) is 615 cm³/mol. The summed E-state index contributed by atoms with van der Waals surface area (Å²) in [4.78, 5) is 41.0. The minimum Gasteiger partial charge on any atom is -0.286 e. The Labute approximate surface area is 875 Å². The Morgan fingerprint density at radius 3 is 1.06 bits per heavy atom. The molecule has 0 bridgehead atoms. The highest BCUT2D eigenvalue weighted by Crippen LogP contribution is 2.57. The van der Waals surface area contributed by atoms with Crippen molar-refractivity contribution in [3.63, 3.8) is 0 Å². The van der Waals surface area contributed by atoms with Gasteiger partial charge in [-0.1, -0.05) is 435 Å². The zero-order chi connectivity index (χ0) is 98.9. The molecule has 4 aliphatic heterocycles. The molecule has 0 radical (unpaired) electrons. The Balaban J connectivity index is 0.000000100. The van der Waals surface area contributed by atoms with E-state index in [-0.39, 0.29) is 9.49 Å². The molecule has 6 aromatic heterocycles. The van der Waals surface area contributed by atoms with Crippen molar-refractivity contribution in [3.05, 3.63) is 495 Å². The molecule has 29 rings (SSSR count). The van der Waals surface area contributed by atoms with Gasteiger partial charge in [-0.15, -0.1) is 0 Å². The van der Waals surface area contributed by atoms with Crippen LogP contribution in [0.1, 0.15) is 49.9 Å². The molecule has 0 amide bonds. The lowest BCUT2D eigenvalue weighted by Crippen LogP contribution is -2.22. The number of para-hydroxylation sites is 13. The molecule has 0 saturated carbocycles. The van der Waals surface area contributed by atoms with E-state index in [0.717, 1.165) is 160 Å².